The van der Waals surface area contributed by atoms with E-state index in [1.54, 1.807) is 15.9 Å². The monoisotopic (exact) mass is 1070 g/mol. The molecule has 2 aromatic heterocycles. The predicted octanol–water partition coefficient (Wildman–Crippen LogP) is 5.75. The molecule has 0 saturated carbocycles. The second kappa shape index (κ2) is 20.2. The number of hydrogen-bond donors (Lipinski definition) is 2. The molecule has 6 fully saturated rings. The SMILES string of the molecule is CC1C(CS(=O)(=O)Nc2ccn(C(=O)N3CCC4(CCCN4Cc4ccc(C(F)(F)F)cc4N4CC5COCC5C4)CC3)n2)CCN1c1cc(CN2CCN(C(=O)n3ccc(NS(C)(=O)=O)n3)CC2)ccc1Cl. The fourth-order valence-electron chi connectivity index (χ4n) is 11.9. The molecule has 2 N–H and O–H groups in total. The standard InChI is InChI=1S/C48H62ClF3N12O7S2/c1-33-36(8-15-62(33)42-24-34(4-7-40(42)49)26-57-20-22-59(23-21-57)46(66)64-16-9-43(53-64)55-72(2,67)68)32-73(69,70)56-44-10-17-63(54-44)45(65)58-18-12-47(13-19-58)11-3-14-61(47)29-35-5-6-39(48(50,51)52)25-41(35)60-27-37-30-71-31-38(37)28-60/h4-7,9-10,16-17,24-25,33,36-38H,3,8,11-15,18-23,26-32H2,1-2H3,(H,53,55)(H,54,56). The molecule has 396 valence electrons. The molecule has 1 spiro atoms. The topological polar surface area (TPSA) is 191 Å². The molecule has 6 saturated heterocycles. The van der Waals surface area contributed by atoms with Crippen molar-refractivity contribution in [3.63, 3.8) is 0 Å². The molecule has 2 amide bonds. The molecule has 4 aromatic rings. The zero-order valence-electron chi connectivity index (χ0n) is 40.9. The zero-order valence-corrected chi connectivity index (χ0v) is 43.3. The van der Waals surface area contributed by atoms with Gasteiger partial charge in [-0.25, -0.2) is 26.4 Å². The van der Waals surface area contributed by atoms with Gasteiger partial charge in [-0.15, -0.1) is 10.2 Å². The summed E-state index contributed by atoms with van der Waals surface area (Å²) in [5.41, 5.74) is 2.51. The maximum absolute atomic E-state index is 13.9. The van der Waals surface area contributed by atoms with Crippen LogP contribution >= 0.6 is 11.6 Å². The highest BCUT2D eigenvalue weighted by Gasteiger charge is 2.45. The van der Waals surface area contributed by atoms with Crippen LogP contribution < -0.4 is 19.2 Å². The second-order valence-corrected chi connectivity index (χ2v) is 24.6. The molecule has 4 atom stereocenters. The smallest absolute Gasteiger partial charge is 0.381 e. The molecule has 6 aliphatic rings. The lowest BCUT2D eigenvalue weighted by molar-refractivity contribution is -0.137. The van der Waals surface area contributed by atoms with Crippen LogP contribution in [0.25, 0.3) is 0 Å². The van der Waals surface area contributed by atoms with Crippen LogP contribution in [-0.2, 0) is 44.0 Å². The van der Waals surface area contributed by atoms with Crippen molar-refractivity contribution in [3.05, 3.63) is 82.6 Å². The lowest BCUT2D eigenvalue weighted by Crippen LogP contribution is -2.53. The molecule has 0 aliphatic carbocycles. The first-order valence-corrected chi connectivity index (χ1v) is 28.8. The molecule has 6 aliphatic heterocycles. The Morgan fingerprint density at radius 3 is 2.07 bits per heavy atom. The molecule has 2 aromatic carbocycles. The fraction of sp³-hybridized carbons (Fsp3) is 0.583. The van der Waals surface area contributed by atoms with Gasteiger partial charge in [0, 0.05) is 126 Å². The predicted molar refractivity (Wildman–Crippen MR) is 270 cm³/mol. The van der Waals surface area contributed by atoms with Crippen LogP contribution in [0.15, 0.2) is 60.9 Å². The molecule has 19 nitrogen and oxygen atoms in total. The Balaban J connectivity index is 0.706. The van der Waals surface area contributed by atoms with Gasteiger partial charge in [0.15, 0.2) is 11.6 Å². The first-order chi connectivity index (χ1) is 34.7. The van der Waals surface area contributed by atoms with Gasteiger partial charge in [-0.05, 0) is 86.9 Å². The van der Waals surface area contributed by atoms with E-state index in [0.29, 0.717) is 127 Å². The number of anilines is 4. The molecule has 8 heterocycles. The number of sulfonamides is 2. The van der Waals surface area contributed by atoms with Crippen molar-refractivity contribution in [2.45, 2.75) is 69.9 Å². The number of fused-ring (bicyclic) bond motifs is 1. The van der Waals surface area contributed by atoms with E-state index < -0.39 is 31.8 Å². The molecule has 25 heteroatoms. The summed E-state index contributed by atoms with van der Waals surface area (Å²) in [5.74, 6) is 0.361. The molecule has 0 radical (unpaired) electrons. The summed E-state index contributed by atoms with van der Waals surface area (Å²) < 4.78 is 105. The van der Waals surface area contributed by atoms with E-state index in [2.05, 4.69) is 39.2 Å². The first-order valence-electron chi connectivity index (χ1n) is 24.9. The number of hydrogen-bond acceptors (Lipinski definition) is 13. The van der Waals surface area contributed by atoms with Gasteiger partial charge in [0.1, 0.15) is 0 Å². The zero-order chi connectivity index (χ0) is 51.5. The number of benzene rings is 2. The molecule has 73 heavy (non-hydrogen) atoms. The highest BCUT2D eigenvalue weighted by Crippen LogP contribution is 2.43. The maximum atomic E-state index is 13.9. The van der Waals surface area contributed by atoms with E-state index in [-0.39, 0.29) is 46.9 Å². The summed E-state index contributed by atoms with van der Waals surface area (Å²) in [6.45, 7) is 10.2. The van der Waals surface area contributed by atoms with Crippen LogP contribution in [0.1, 0.15) is 55.7 Å². The number of nitrogens with one attached hydrogen (secondary N) is 2. The fourth-order valence-corrected chi connectivity index (χ4v) is 14.1. The van der Waals surface area contributed by atoms with Crippen LogP contribution in [0.3, 0.4) is 0 Å². The summed E-state index contributed by atoms with van der Waals surface area (Å²) in [6.07, 6.45) is 3.34. The number of ether oxygens (including phenoxy) is 1. The van der Waals surface area contributed by atoms with Crippen molar-refractivity contribution in [1.29, 1.82) is 0 Å². The van der Waals surface area contributed by atoms with Crippen LogP contribution in [0.2, 0.25) is 5.02 Å². The first kappa shape index (κ1) is 51.4. The summed E-state index contributed by atoms with van der Waals surface area (Å²) in [7, 11) is -7.41. The third-order valence-corrected chi connectivity index (χ3v) is 18.2. The van der Waals surface area contributed by atoms with Gasteiger partial charge in [0.05, 0.1) is 41.5 Å². The quantitative estimate of drug-likeness (QED) is 0.175. The van der Waals surface area contributed by atoms with E-state index in [1.165, 1.54) is 41.3 Å². The van der Waals surface area contributed by atoms with Crippen LogP contribution in [0.4, 0.5) is 45.8 Å². The van der Waals surface area contributed by atoms with Crippen molar-refractivity contribution >= 4 is 66.7 Å². The average molecular weight is 1080 g/mol. The minimum Gasteiger partial charge on any atom is -0.381 e. The van der Waals surface area contributed by atoms with Crippen LogP contribution in [0.5, 0.6) is 0 Å². The minimum atomic E-state index is -4.45. The van der Waals surface area contributed by atoms with Crippen molar-refractivity contribution in [2.24, 2.45) is 17.8 Å². The number of carbonyl (C=O) groups excluding carboxylic acids is 2. The van der Waals surface area contributed by atoms with Crippen molar-refractivity contribution in [3.8, 4) is 0 Å². The largest absolute Gasteiger partial charge is 0.416 e. The third kappa shape index (κ3) is 11.3. The van der Waals surface area contributed by atoms with Gasteiger partial charge < -0.3 is 24.3 Å². The summed E-state index contributed by atoms with van der Waals surface area (Å²) >= 11 is 6.77. The van der Waals surface area contributed by atoms with Crippen molar-refractivity contribution in [1.82, 2.24) is 39.2 Å². The highest BCUT2D eigenvalue weighted by molar-refractivity contribution is 7.92. The Hall–Kier alpha value is -5.14. The molecular formula is C48H62ClF3N12O7S2. The number of piperazine rings is 1. The number of aromatic nitrogens is 4. The average Bonchev–Trinajstić information content (AvgIpc) is 4.22. The number of nitrogens with zero attached hydrogens (tertiary/aromatic N) is 10. The normalized spacial score (nSPS) is 24.0. The van der Waals surface area contributed by atoms with Crippen LogP contribution in [0, 0.1) is 17.8 Å². The van der Waals surface area contributed by atoms with E-state index in [9.17, 15) is 39.6 Å². The summed E-state index contributed by atoms with van der Waals surface area (Å²) in [4.78, 5) is 39.1. The Bertz CT molecular complexity index is 2910. The Morgan fingerprint density at radius 2 is 1.42 bits per heavy atom. The van der Waals surface area contributed by atoms with Gasteiger partial charge >= 0.3 is 18.2 Å². The number of amides is 2. The molecule has 0 bridgehead atoms. The van der Waals surface area contributed by atoms with Gasteiger partial charge in [-0.2, -0.15) is 22.5 Å². The second-order valence-electron chi connectivity index (χ2n) is 20.7. The van der Waals surface area contributed by atoms with E-state index in [4.69, 9.17) is 16.3 Å². The number of rotatable bonds is 12. The summed E-state index contributed by atoms with van der Waals surface area (Å²) in [5, 5.41) is 8.95. The number of halogens is 4. The molecule has 10 rings (SSSR count). The van der Waals surface area contributed by atoms with Crippen LogP contribution in [-0.4, -0.2) is 170 Å². The number of piperidine rings is 1. The van der Waals surface area contributed by atoms with Gasteiger partial charge in [-0.3, -0.25) is 19.2 Å². The number of alkyl halides is 3. The summed E-state index contributed by atoms with van der Waals surface area (Å²) in [6, 6.07) is 12.0. The Labute approximate surface area is 428 Å². The van der Waals surface area contributed by atoms with E-state index in [1.807, 2.05) is 25.1 Å². The lowest BCUT2D eigenvalue weighted by atomic mass is 9.84. The Kier molecular flexibility index (Phi) is 14.2. The van der Waals surface area contributed by atoms with E-state index >= 15 is 0 Å². The minimum absolute atomic E-state index is 0.0474. The molecule has 4 unspecified atom stereocenters. The maximum Gasteiger partial charge on any atom is 0.416 e. The number of carbonyl (C=O) groups is 2. The third-order valence-electron chi connectivity index (χ3n) is 15.9. The van der Waals surface area contributed by atoms with Crippen molar-refractivity contribution in [2.75, 3.05) is 110 Å². The molecular weight excluding hydrogens is 1010 g/mol. The van der Waals surface area contributed by atoms with Gasteiger partial charge in [0.2, 0.25) is 20.0 Å². The van der Waals surface area contributed by atoms with Crippen molar-refractivity contribution < 1.29 is 44.3 Å². The Morgan fingerprint density at radius 1 is 0.781 bits per heavy atom. The highest BCUT2D eigenvalue weighted by atomic mass is 35.5. The lowest BCUT2D eigenvalue weighted by Gasteiger charge is -2.45. The van der Waals surface area contributed by atoms with Gasteiger partial charge in [0.25, 0.3) is 0 Å². The van der Waals surface area contributed by atoms with Gasteiger partial charge in [-0.1, -0.05) is 23.7 Å². The van der Waals surface area contributed by atoms with E-state index in [0.717, 1.165) is 47.1 Å². The number of likely N-dealkylation sites (tertiary alicyclic amines) is 2.